The fourth-order valence-corrected chi connectivity index (χ4v) is 2.85. The molecule has 1 aliphatic carbocycles. The van der Waals surface area contributed by atoms with E-state index in [4.69, 9.17) is 5.11 Å². The third-order valence-electron chi connectivity index (χ3n) is 3.42. The van der Waals surface area contributed by atoms with Crippen molar-refractivity contribution in [3.8, 4) is 0 Å². The van der Waals surface area contributed by atoms with Gasteiger partial charge in [0.15, 0.2) is 0 Å². The fourth-order valence-electron chi connectivity index (χ4n) is 2.85. The number of hydrogen-bond acceptors (Lipinski definition) is 3. The van der Waals surface area contributed by atoms with Gasteiger partial charge < -0.3 is 5.11 Å². The molecule has 0 saturated heterocycles. The van der Waals surface area contributed by atoms with Crippen LogP contribution in [0.3, 0.4) is 0 Å². The third kappa shape index (κ3) is 3.05. The Morgan fingerprint density at radius 2 is 2.06 bits per heavy atom. The minimum atomic E-state index is -0.859. The van der Waals surface area contributed by atoms with Crippen LogP contribution in [-0.2, 0) is 11.2 Å². The highest BCUT2D eigenvalue weighted by atomic mass is 16.4. The van der Waals surface area contributed by atoms with E-state index in [1.54, 1.807) is 6.20 Å². The molecule has 1 heterocycles. The van der Waals surface area contributed by atoms with Crippen molar-refractivity contribution < 1.29 is 9.90 Å². The molecule has 0 aromatic carbocycles. The first-order valence-corrected chi connectivity index (χ1v) is 6.17. The first kappa shape index (κ1) is 12.1. The smallest absolute Gasteiger partial charge is 0.309 e. The molecule has 1 aromatic rings. The maximum Gasteiger partial charge on any atom is 0.309 e. The second-order valence-corrected chi connectivity index (χ2v) is 5.33. The van der Waals surface area contributed by atoms with Gasteiger partial charge in [-0.05, 0) is 31.1 Å². The average Bonchev–Trinajstić information content (AvgIpc) is 2.63. The summed E-state index contributed by atoms with van der Waals surface area (Å²) in [4.78, 5) is 10.6. The average molecular weight is 237 g/mol. The zero-order valence-corrected chi connectivity index (χ0v) is 10.3. The summed E-state index contributed by atoms with van der Waals surface area (Å²) < 4.78 is 1.85. The number of rotatable bonds is 3. The van der Waals surface area contributed by atoms with Crippen LogP contribution in [0, 0.1) is 11.8 Å². The summed E-state index contributed by atoms with van der Waals surface area (Å²) >= 11 is 0. The van der Waals surface area contributed by atoms with Crippen LogP contribution in [0.1, 0.15) is 44.8 Å². The van der Waals surface area contributed by atoms with Crippen LogP contribution in [-0.4, -0.2) is 26.1 Å². The number of aromatic nitrogens is 3. The molecule has 5 heteroatoms. The van der Waals surface area contributed by atoms with Crippen LogP contribution < -0.4 is 0 Å². The van der Waals surface area contributed by atoms with Crippen molar-refractivity contribution in [3.05, 3.63) is 11.9 Å². The van der Waals surface area contributed by atoms with Crippen LogP contribution >= 0.6 is 0 Å². The summed E-state index contributed by atoms with van der Waals surface area (Å²) in [5, 5.41) is 16.7. The lowest BCUT2D eigenvalue weighted by atomic mass is 9.80. The molecule has 1 fully saturated rings. The van der Waals surface area contributed by atoms with Gasteiger partial charge in [0, 0.05) is 6.20 Å². The summed E-state index contributed by atoms with van der Waals surface area (Å²) in [7, 11) is 0. The minimum absolute atomic E-state index is 0.0438. The molecule has 2 rings (SSSR count). The van der Waals surface area contributed by atoms with E-state index in [0.717, 1.165) is 12.8 Å². The maximum absolute atomic E-state index is 10.6. The van der Waals surface area contributed by atoms with E-state index in [2.05, 4.69) is 24.2 Å². The predicted octanol–water partition coefficient (Wildman–Crippen LogP) is 1.90. The zero-order chi connectivity index (χ0) is 12.4. The summed E-state index contributed by atoms with van der Waals surface area (Å²) in [6, 6.07) is 0.379. The van der Waals surface area contributed by atoms with E-state index in [9.17, 15) is 4.79 Å². The largest absolute Gasteiger partial charge is 0.481 e. The van der Waals surface area contributed by atoms with Gasteiger partial charge >= 0.3 is 5.97 Å². The summed E-state index contributed by atoms with van der Waals surface area (Å²) in [6.07, 6.45) is 5.23. The van der Waals surface area contributed by atoms with Crippen molar-refractivity contribution in [3.63, 3.8) is 0 Å². The van der Waals surface area contributed by atoms with Crippen LogP contribution in [0.4, 0.5) is 0 Å². The number of carboxylic acid groups (broad SMARTS) is 1. The van der Waals surface area contributed by atoms with Crippen molar-refractivity contribution in [2.75, 3.05) is 0 Å². The molecule has 2 unspecified atom stereocenters. The topological polar surface area (TPSA) is 68.0 Å². The van der Waals surface area contributed by atoms with E-state index in [-0.39, 0.29) is 6.42 Å². The summed E-state index contributed by atoms with van der Waals surface area (Å²) in [5.74, 6) is 0.550. The molecule has 2 atom stereocenters. The zero-order valence-electron chi connectivity index (χ0n) is 10.3. The second-order valence-electron chi connectivity index (χ2n) is 5.33. The van der Waals surface area contributed by atoms with Crippen molar-refractivity contribution in [2.45, 2.75) is 45.6 Å². The Bertz CT molecular complexity index is 392. The molecule has 1 N–H and O–H groups in total. The number of carbonyl (C=O) groups is 1. The molecule has 0 spiro atoms. The first-order chi connectivity index (χ1) is 8.04. The molecule has 0 bridgehead atoms. The first-order valence-electron chi connectivity index (χ1n) is 6.17. The van der Waals surface area contributed by atoms with Crippen LogP contribution in [0.2, 0.25) is 0 Å². The van der Waals surface area contributed by atoms with Crippen LogP contribution in [0.5, 0.6) is 0 Å². The van der Waals surface area contributed by atoms with Gasteiger partial charge in [-0.3, -0.25) is 4.79 Å². The van der Waals surface area contributed by atoms with Gasteiger partial charge in [-0.25, -0.2) is 4.68 Å². The lowest BCUT2D eigenvalue weighted by Gasteiger charge is -2.31. The number of nitrogens with zero attached hydrogens (tertiary/aromatic N) is 3. The molecular formula is C12H19N3O2. The molecule has 5 nitrogen and oxygen atoms in total. The van der Waals surface area contributed by atoms with E-state index >= 15 is 0 Å². The van der Waals surface area contributed by atoms with Gasteiger partial charge in [0.25, 0.3) is 0 Å². The highest BCUT2D eigenvalue weighted by molar-refractivity contribution is 5.69. The Morgan fingerprint density at radius 3 is 2.65 bits per heavy atom. The molecule has 94 valence electrons. The van der Waals surface area contributed by atoms with E-state index in [1.807, 2.05) is 4.68 Å². The van der Waals surface area contributed by atoms with Gasteiger partial charge in [-0.15, -0.1) is 5.10 Å². The number of carboxylic acids is 1. The highest BCUT2D eigenvalue weighted by Gasteiger charge is 2.26. The SMILES string of the molecule is CC1CC(C)CC(n2cc(CC(=O)O)nn2)C1. The van der Waals surface area contributed by atoms with Crippen molar-refractivity contribution in [1.29, 1.82) is 0 Å². The van der Waals surface area contributed by atoms with Gasteiger partial charge in [-0.1, -0.05) is 19.1 Å². The summed E-state index contributed by atoms with van der Waals surface area (Å²) in [6.45, 7) is 4.52. The highest BCUT2D eigenvalue weighted by Crippen LogP contribution is 2.35. The van der Waals surface area contributed by atoms with Crippen LogP contribution in [0.25, 0.3) is 0 Å². The van der Waals surface area contributed by atoms with Gasteiger partial charge in [-0.2, -0.15) is 0 Å². The van der Waals surface area contributed by atoms with E-state index < -0.39 is 5.97 Å². The monoisotopic (exact) mass is 237 g/mol. The van der Waals surface area contributed by atoms with Crippen molar-refractivity contribution in [1.82, 2.24) is 15.0 Å². The van der Waals surface area contributed by atoms with Crippen molar-refractivity contribution >= 4 is 5.97 Å². The molecular weight excluding hydrogens is 218 g/mol. The van der Waals surface area contributed by atoms with E-state index in [1.165, 1.54) is 6.42 Å². The molecule has 1 saturated carbocycles. The fraction of sp³-hybridized carbons (Fsp3) is 0.750. The Balaban J connectivity index is 2.06. The molecule has 0 radical (unpaired) electrons. The number of aliphatic carboxylic acids is 1. The Kier molecular flexibility index (Phi) is 3.45. The molecule has 0 amide bonds. The Labute approximate surface area is 101 Å². The lowest BCUT2D eigenvalue weighted by molar-refractivity contribution is -0.136. The molecule has 0 aliphatic heterocycles. The van der Waals surface area contributed by atoms with Gasteiger partial charge in [0.05, 0.1) is 18.2 Å². The predicted molar refractivity (Wildman–Crippen MR) is 62.6 cm³/mol. The Hall–Kier alpha value is -1.39. The third-order valence-corrected chi connectivity index (χ3v) is 3.42. The maximum atomic E-state index is 10.6. The standard InChI is InChI=1S/C12H19N3O2/c1-8-3-9(2)5-11(4-8)15-7-10(13-14-15)6-12(16)17/h7-9,11H,3-6H2,1-2H3,(H,16,17). The molecule has 1 aromatic heterocycles. The summed E-state index contributed by atoms with van der Waals surface area (Å²) in [5.41, 5.74) is 0.545. The van der Waals surface area contributed by atoms with Crippen LogP contribution in [0.15, 0.2) is 6.20 Å². The molecule has 1 aliphatic rings. The van der Waals surface area contributed by atoms with Gasteiger partial charge in [0.1, 0.15) is 0 Å². The quantitative estimate of drug-likeness (QED) is 0.871. The molecule has 17 heavy (non-hydrogen) atoms. The minimum Gasteiger partial charge on any atom is -0.481 e. The van der Waals surface area contributed by atoms with Gasteiger partial charge in [0.2, 0.25) is 0 Å². The van der Waals surface area contributed by atoms with E-state index in [0.29, 0.717) is 23.6 Å². The number of hydrogen-bond donors (Lipinski definition) is 1. The lowest BCUT2D eigenvalue weighted by Crippen LogP contribution is -2.23. The normalized spacial score (nSPS) is 29.2. The van der Waals surface area contributed by atoms with Crippen molar-refractivity contribution in [2.24, 2.45) is 11.8 Å². The second kappa shape index (κ2) is 4.85. The Morgan fingerprint density at radius 1 is 1.41 bits per heavy atom.